The van der Waals surface area contributed by atoms with Crippen LogP contribution in [0.4, 0.5) is 5.69 Å². The number of aromatic hydroxyl groups is 1. The standard InChI is InChI=1S/C18H14ClNO3/c1-23-17-7-6-12(9-16(17)19)20-18(22)15-10-13(21)8-11-4-2-3-5-14(11)15/h2-10,21H,1H3,(H,20,22). The van der Waals surface area contributed by atoms with Gasteiger partial charge in [0.15, 0.2) is 0 Å². The summed E-state index contributed by atoms with van der Waals surface area (Å²) in [5.74, 6) is 0.257. The van der Waals surface area contributed by atoms with Crippen molar-refractivity contribution in [3.05, 3.63) is 65.2 Å². The van der Waals surface area contributed by atoms with E-state index in [2.05, 4.69) is 5.32 Å². The van der Waals surface area contributed by atoms with Crippen molar-refractivity contribution in [1.82, 2.24) is 0 Å². The Morgan fingerprint density at radius 3 is 2.65 bits per heavy atom. The van der Waals surface area contributed by atoms with Crippen molar-refractivity contribution in [3.63, 3.8) is 0 Å². The molecule has 0 unspecified atom stereocenters. The second-order valence-corrected chi connectivity index (χ2v) is 5.43. The third-order valence-corrected chi connectivity index (χ3v) is 3.80. The summed E-state index contributed by atoms with van der Waals surface area (Å²) in [5.41, 5.74) is 0.945. The highest BCUT2D eigenvalue weighted by molar-refractivity contribution is 6.32. The second kappa shape index (κ2) is 6.18. The maximum Gasteiger partial charge on any atom is 0.256 e. The largest absolute Gasteiger partial charge is 0.508 e. The molecule has 0 saturated heterocycles. The van der Waals surface area contributed by atoms with Crippen LogP contribution in [0.1, 0.15) is 10.4 Å². The molecule has 3 rings (SSSR count). The first-order valence-electron chi connectivity index (χ1n) is 6.95. The molecule has 0 aromatic heterocycles. The van der Waals surface area contributed by atoms with Crippen molar-refractivity contribution >= 4 is 34.0 Å². The zero-order valence-corrected chi connectivity index (χ0v) is 13.1. The maximum absolute atomic E-state index is 12.5. The fraction of sp³-hybridized carbons (Fsp3) is 0.0556. The van der Waals surface area contributed by atoms with Crippen LogP contribution in [0.2, 0.25) is 5.02 Å². The SMILES string of the molecule is COc1ccc(NC(=O)c2cc(O)cc3ccccc23)cc1Cl. The average Bonchev–Trinajstić information content (AvgIpc) is 2.54. The van der Waals surface area contributed by atoms with Gasteiger partial charge < -0.3 is 15.2 Å². The molecule has 0 spiro atoms. The number of ether oxygens (including phenoxy) is 1. The van der Waals surface area contributed by atoms with Crippen molar-refractivity contribution < 1.29 is 14.6 Å². The van der Waals surface area contributed by atoms with Crippen molar-refractivity contribution in [3.8, 4) is 11.5 Å². The summed E-state index contributed by atoms with van der Waals surface area (Å²) in [4.78, 5) is 12.5. The van der Waals surface area contributed by atoms with Gasteiger partial charge in [-0.3, -0.25) is 4.79 Å². The van der Waals surface area contributed by atoms with Gasteiger partial charge in [-0.2, -0.15) is 0 Å². The molecule has 0 aliphatic heterocycles. The summed E-state index contributed by atoms with van der Waals surface area (Å²) in [6.07, 6.45) is 0. The Kier molecular flexibility index (Phi) is 4.08. The molecule has 1 amide bonds. The Morgan fingerprint density at radius 2 is 1.91 bits per heavy atom. The Morgan fingerprint density at radius 1 is 1.13 bits per heavy atom. The van der Waals surface area contributed by atoms with Crippen molar-refractivity contribution in [2.45, 2.75) is 0 Å². The van der Waals surface area contributed by atoms with Gasteiger partial charge in [-0.15, -0.1) is 0 Å². The zero-order chi connectivity index (χ0) is 16.4. The van der Waals surface area contributed by atoms with Crippen LogP contribution in [-0.4, -0.2) is 18.1 Å². The highest BCUT2D eigenvalue weighted by Gasteiger charge is 2.13. The lowest BCUT2D eigenvalue weighted by Gasteiger charge is -2.10. The number of carbonyl (C=O) groups excluding carboxylic acids is 1. The van der Waals surface area contributed by atoms with Crippen LogP contribution < -0.4 is 10.1 Å². The summed E-state index contributed by atoms with van der Waals surface area (Å²) in [7, 11) is 1.53. The molecule has 0 heterocycles. The highest BCUT2D eigenvalue weighted by atomic mass is 35.5. The molecular formula is C18H14ClNO3. The minimum atomic E-state index is -0.321. The highest BCUT2D eigenvalue weighted by Crippen LogP contribution is 2.29. The molecule has 0 fully saturated rings. The van der Waals surface area contributed by atoms with E-state index in [-0.39, 0.29) is 11.7 Å². The van der Waals surface area contributed by atoms with Crippen LogP contribution in [0.3, 0.4) is 0 Å². The quantitative estimate of drug-likeness (QED) is 0.746. The smallest absolute Gasteiger partial charge is 0.256 e. The predicted molar refractivity (Wildman–Crippen MR) is 91.6 cm³/mol. The molecule has 0 atom stereocenters. The molecule has 116 valence electrons. The minimum absolute atomic E-state index is 0.0432. The number of carbonyl (C=O) groups is 1. The second-order valence-electron chi connectivity index (χ2n) is 5.02. The lowest BCUT2D eigenvalue weighted by molar-refractivity contribution is 0.102. The average molecular weight is 328 g/mol. The molecule has 2 N–H and O–H groups in total. The summed E-state index contributed by atoms with van der Waals surface area (Å²) in [5, 5.41) is 14.6. The van der Waals surface area contributed by atoms with Gasteiger partial charge in [-0.25, -0.2) is 0 Å². The molecule has 4 nitrogen and oxygen atoms in total. The molecule has 0 aliphatic rings. The summed E-state index contributed by atoms with van der Waals surface area (Å²) >= 11 is 6.06. The molecular weight excluding hydrogens is 314 g/mol. The van der Waals surface area contributed by atoms with Crippen LogP contribution in [0.15, 0.2) is 54.6 Å². The number of benzene rings is 3. The van der Waals surface area contributed by atoms with E-state index in [1.54, 1.807) is 24.3 Å². The van der Waals surface area contributed by atoms with Crippen LogP contribution >= 0.6 is 11.6 Å². The number of rotatable bonds is 3. The molecule has 0 radical (unpaired) electrons. The van der Waals surface area contributed by atoms with E-state index in [1.165, 1.54) is 13.2 Å². The number of methoxy groups -OCH3 is 1. The fourth-order valence-corrected chi connectivity index (χ4v) is 2.68. The molecule has 0 saturated carbocycles. The van der Waals surface area contributed by atoms with Gasteiger partial charge in [0.2, 0.25) is 0 Å². The monoisotopic (exact) mass is 327 g/mol. The Hall–Kier alpha value is -2.72. The first-order chi connectivity index (χ1) is 11.1. The van der Waals surface area contributed by atoms with E-state index in [1.807, 2.05) is 24.3 Å². The molecule has 3 aromatic carbocycles. The van der Waals surface area contributed by atoms with Crippen LogP contribution in [-0.2, 0) is 0 Å². The molecule has 23 heavy (non-hydrogen) atoms. The van der Waals surface area contributed by atoms with Gasteiger partial charge >= 0.3 is 0 Å². The molecule has 5 heteroatoms. The van der Waals surface area contributed by atoms with E-state index in [4.69, 9.17) is 16.3 Å². The number of fused-ring (bicyclic) bond motifs is 1. The zero-order valence-electron chi connectivity index (χ0n) is 12.3. The van der Waals surface area contributed by atoms with E-state index in [0.717, 1.165) is 10.8 Å². The summed E-state index contributed by atoms with van der Waals surface area (Å²) < 4.78 is 5.09. The van der Waals surface area contributed by atoms with E-state index >= 15 is 0 Å². The first kappa shape index (κ1) is 15.2. The van der Waals surface area contributed by atoms with Gasteiger partial charge in [-0.05, 0) is 41.1 Å². The third-order valence-electron chi connectivity index (χ3n) is 3.50. The lowest BCUT2D eigenvalue weighted by atomic mass is 10.0. The molecule has 0 aliphatic carbocycles. The number of halogens is 1. The number of nitrogens with one attached hydrogen (secondary N) is 1. The van der Waals surface area contributed by atoms with E-state index in [9.17, 15) is 9.90 Å². The van der Waals surface area contributed by atoms with Crippen molar-refractivity contribution in [2.75, 3.05) is 12.4 Å². The normalized spacial score (nSPS) is 10.5. The summed E-state index contributed by atoms with van der Waals surface area (Å²) in [6, 6.07) is 15.4. The lowest BCUT2D eigenvalue weighted by Crippen LogP contribution is -2.12. The topological polar surface area (TPSA) is 58.6 Å². The van der Waals surface area contributed by atoms with E-state index < -0.39 is 0 Å². The van der Waals surface area contributed by atoms with Crippen molar-refractivity contribution in [1.29, 1.82) is 0 Å². The Bertz CT molecular complexity index is 893. The predicted octanol–water partition coefficient (Wildman–Crippen LogP) is 4.46. The first-order valence-corrected chi connectivity index (χ1v) is 7.33. The van der Waals surface area contributed by atoms with Gasteiger partial charge in [0.1, 0.15) is 11.5 Å². The van der Waals surface area contributed by atoms with Gasteiger partial charge in [-0.1, -0.05) is 35.9 Å². The van der Waals surface area contributed by atoms with Gasteiger partial charge in [0, 0.05) is 5.69 Å². The maximum atomic E-state index is 12.5. The van der Waals surface area contributed by atoms with E-state index in [0.29, 0.717) is 22.0 Å². The molecule has 0 bridgehead atoms. The van der Waals surface area contributed by atoms with Gasteiger partial charge in [0.25, 0.3) is 5.91 Å². The van der Waals surface area contributed by atoms with Crippen LogP contribution in [0.25, 0.3) is 10.8 Å². The number of amides is 1. The number of phenols is 1. The Labute approximate surface area is 138 Å². The summed E-state index contributed by atoms with van der Waals surface area (Å²) in [6.45, 7) is 0. The number of phenolic OH excluding ortho intramolecular Hbond substituents is 1. The van der Waals surface area contributed by atoms with Gasteiger partial charge in [0.05, 0.1) is 17.7 Å². The van der Waals surface area contributed by atoms with Crippen LogP contribution in [0, 0.1) is 0 Å². The van der Waals surface area contributed by atoms with Crippen molar-refractivity contribution in [2.24, 2.45) is 0 Å². The third kappa shape index (κ3) is 3.07. The molecule has 3 aromatic rings. The number of hydrogen-bond acceptors (Lipinski definition) is 3. The number of hydrogen-bond donors (Lipinski definition) is 2. The fourth-order valence-electron chi connectivity index (χ4n) is 2.43. The van der Waals surface area contributed by atoms with Crippen LogP contribution in [0.5, 0.6) is 11.5 Å². The number of anilines is 1. The minimum Gasteiger partial charge on any atom is -0.508 e. The Balaban J connectivity index is 1.96.